The molecule has 0 spiro atoms. The first kappa shape index (κ1) is 12.2. The topological polar surface area (TPSA) is 74.0 Å². The number of H-pyrrole nitrogens is 1. The van der Waals surface area contributed by atoms with Gasteiger partial charge in [0.05, 0.1) is 5.69 Å². The Balaban J connectivity index is 2.19. The van der Waals surface area contributed by atoms with E-state index < -0.39 is 10.0 Å². The average molecular weight is 271 g/mol. The Hall–Kier alpha value is -1.31. The molecule has 0 unspecified atom stereocenters. The molecule has 0 amide bonds. The van der Waals surface area contributed by atoms with Gasteiger partial charge in [0.2, 0.25) is 0 Å². The number of rotatable bonds is 5. The molecular formula is C10H13N3O2S2. The SMILES string of the molecule is CNCc1cc(S(=O)(=O)Nc2ccsc2)c[nH]1. The minimum absolute atomic E-state index is 0.244. The molecule has 0 atom stereocenters. The van der Waals surface area contributed by atoms with Gasteiger partial charge in [-0.2, -0.15) is 11.3 Å². The van der Waals surface area contributed by atoms with Crippen LogP contribution in [0.3, 0.4) is 0 Å². The van der Waals surface area contributed by atoms with Gasteiger partial charge in [0.15, 0.2) is 0 Å². The molecule has 2 rings (SSSR count). The van der Waals surface area contributed by atoms with Gasteiger partial charge in [-0.3, -0.25) is 4.72 Å². The Morgan fingerprint density at radius 3 is 2.94 bits per heavy atom. The summed E-state index contributed by atoms with van der Waals surface area (Å²) in [5.74, 6) is 0. The van der Waals surface area contributed by atoms with Crippen LogP contribution in [-0.2, 0) is 16.6 Å². The molecule has 5 nitrogen and oxygen atoms in total. The molecule has 2 aromatic heterocycles. The zero-order chi connectivity index (χ0) is 12.3. The van der Waals surface area contributed by atoms with Crippen LogP contribution in [0.25, 0.3) is 0 Å². The van der Waals surface area contributed by atoms with Gasteiger partial charge in [-0.25, -0.2) is 8.42 Å². The molecule has 17 heavy (non-hydrogen) atoms. The molecule has 92 valence electrons. The standard InChI is InChI=1S/C10H13N3O2S2/c1-11-5-9-4-10(6-12-9)17(14,15)13-8-2-3-16-7-8/h2-4,6-7,11-13H,5H2,1H3. The highest BCUT2D eigenvalue weighted by Gasteiger charge is 2.16. The maximum atomic E-state index is 12.0. The van der Waals surface area contributed by atoms with E-state index >= 15 is 0 Å². The number of thiophene rings is 1. The quantitative estimate of drug-likeness (QED) is 0.773. The summed E-state index contributed by atoms with van der Waals surface area (Å²) in [5.41, 5.74) is 1.42. The van der Waals surface area contributed by atoms with Gasteiger partial charge in [-0.15, -0.1) is 0 Å². The van der Waals surface area contributed by atoms with Crippen molar-refractivity contribution < 1.29 is 8.42 Å². The second kappa shape index (κ2) is 4.91. The van der Waals surface area contributed by atoms with Crippen LogP contribution in [0.5, 0.6) is 0 Å². The molecule has 2 heterocycles. The predicted molar refractivity (Wildman–Crippen MR) is 68.7 cm³/mol. The summed E-state index contributed by atoms with van der Waals surface area (Å²) in [5, 5.41) is 6.52. The molecule has 0 saturated carbocycles. The van der Waals surface area contributed by atoms with Crippen LogP contribution in [-0.4, -0.2) is 20.4 Å². The molecular weight excluding hydrogens is 258 g/mol. The van der Waals surface area contributed by atoms with Crippen LogP contribution >= 0.6 is 11.3 Å². The monoisotopic (exact) mass is 271 g/mol. The maximum absolute atomic E-state index is 12.0. The second-order valence-electron chi connectivity index (χ2n) is 3.51. The van der Waals surface area contributed by atoms with Crippen molar-refractivity contribution in [1.82, 2.24) is 10.3 Å². The van der Waals surface area contributed by atoms with E-state index in [0.29, 0.717) is 12.2 Å². The number of hydrogen-bond acceptors (Lipinski definition) is 4. The van der Waals surface area contributed by atoms with Crippen molar-refractivity contribution in [3.8, 4) is 0 Å². The zero-order valence-corrected chi connectivity index (χ0v) is 10.9. The molecule has 0 aliphatic rings. The zero-order valence-electron chi connectivity index (χ0n) is 9.23. The Kier molecular flexibility index (Phi) is 3.51. The number of nitrogens with one attached hydrogen (secondary N) is 3. The highest BCUT2D eigenvalue weighted by molar-refractivity contribution is 7.92. The van der Waals surface area contributed by atoms with E-state index in [-0.39, 0.29) is 4.90 Å². The molecule has 0 aromatic carbocycles. The number of hydrogen-bond donors (Lipinski definition) is 3. The molecule has 0 radical (unpaired) electrons. The first-order chi connectivity index (χ1) is 8.12. The first-order valence-electron chi connectivity index (χ1n) is 4.99. The van der Waals surface area contributed by atoms with Crippen molar-refractivity contribution >= 4 is 27.0 Å². The van der Waals surface area contributed by atoms with Crippen molar-refractivity contribution in [2.75, 3.05) is 11.8 Å². The molecule has 0 saturated heterocycles. The molecule has 0 bridgehead atoms. The van der Waals surface area contributed by atoms with E-state index in [4.69, 9.17) is 0 Å². The van der Waals surface area contributed by atoms with Crippen molar-refractivity contribution in [2.45, 2.75) is 11.4 Å². The number of aromatic amines is 1. The highest BCUT2D eigenvalue weighted by atomic mass is 32.2. The van der Waals surface area contributed by atoms with Gasteiger partial charge >= 0.3 is 0 Å². The van der Waals surface area contributed by atoms with Crippen LogP contribution in [0.1, 0.15) is 5.69 Å². The minimum atomic E-state index is -3.48. The van der Waals surface area contributed by atoms with Crippen molar-refractivity contribution in [2.24, 2.45) is 0 Å². The number of sulfonamides is 1. The number of aromatic nitrogens is 1. The van der Waals surface area contributed by atoms with E-state index in [1.807, 2.05) is 5.38 Å². The average Bonchev–Trinajstić information content (AvgIpc) is 2.88. The third-order valence-electron chi connectivity index (χ3n) is 2.17. The van der Waals surface area contributed by atoms with Crippen LogP contribution in [0.4, 0.5) is 5.69 Å². The van der Waals surface area contributed by atoms with Gasteiger partial charge in [-0.05, 0) is 24.6 Å². The summed E-state index contributed by atoms with van der Waals surface area (Å²) >= 11 is 1.44. The molecule has 0 fully saturated rings. The third kappa shape index (κ3) is 2.87. The normalized spacial score (nSPS) is 11.6. The molecule has 7 heteroatoms. The molecule has 2 aromatic rings. The lowest BCUT2D eigenvalue weighted by Crippen LogP contribution is -2.11. The van der Waals surface area contributed by atoms with E-state index in [2.05, 4.69) is 15.0 Å². The largest absolute Gasteiger partial charge is 0.363 e. The van der Waals surface area contributed by atoms with Crippen LogP contribution in [0, 0.1) is 0 Å². The summed E-state index contributed by atoms with van der Waals surface area (Å²) in [6.45, 7) is 0.605. The summed E-state index contributed by atoms with van der Waals surface area (Å²) < 4.78 is 26.5. The Labute approximate surface area is 104 Å². The fourth-order valence-corrected chi connectivity index (χ4v) is 3.13. The van der Waals surface area contributed by atoms with Crippen molar-refractivity contribution in [1.29, 1.82) is 0 Å². The summed E-state index contributed by atoms with van der Waals surface area (Å²) in [7, 11) is -1.68. The van der Waals surface area contributed by atoms with Gasteiger partial charge < -0.3 is 10.3 Å². The fourth-order valence-electron chi connectivity index (χ4n) is 1.40. The van der Waals surface area contributed by atoms with Crippen LogP contribution in [0.2, 0.25) is 0 Å². The Bertz CT molecular complexity index is 572. The van der Waals surface area contributed by atoms with Gasteiger partial charge in [0, 0.05) is 23.8 Å². The summed E-state index contributed by atoms with van der Waals surface area (Å²) in [6.07, 6.45) is 1.49. The van der Waals surface area contributed by atoms with Crippen molar-refractivity contribution in [3.63, 3.8) is 0 Å². The third-order valence-corrected chi connectivity index (χ3v) is 4.21. The summed E-state index contributed by atoms with van der Waals surface area (Å²) in [4.78, 5) is 3.16. The van der Waals surface area contributed by atoms with Gasteiger partial charge in [0.25, 0.3) is 10.0 Å². The summed E-state index contributed by atoms with van der Waals surface area (Å²) in [6, 6.07) is 3.34. The van der Waals surface area contributed by atoms with Gasteiger partial charge in [0.1, 0.15) is 4.90 Å². The smallest absolute Gasteiger partial charge is 0.263 e. The van der Waals surface area contributed by atoms with Crippen molar-refractivity contribution in [3.05, 3.63) is 34.8 Å². The fraction of sp³-hybridized carbons (Fsp3) is 0.200. The first-order valence-corrected chi connectivity index (χ1v) is 7.41. The highest BCUT2D eigenvalue weighted by Crippen LogP contribution is 2.18. The molecule has 0 aliphatic carbocycles. The van der Waals surface area contributed by atoms with E-state index in [1.165, 1.54) is 17.5 Å². The van der Waals surface area contributed by atoms with E-state index in [9.17, 15) is 8.42 Å². The lowest BCUT2D eigenvalue weighted by molar-refractivity contribution is 0.601. The maximum Gasteiger partial charge on any atom is 0.263 e. The van der Waals surface area contributed by atoms with Gasteiger partial charge in [-0.1, -0.05) is 0 Å². The second-order valence-corrected chi connectivity index (χ2v) is 5.97. The molecule has 3 N–H and O–H groups in total. The Morgan fingerprint density at radius 2 is 2.29 bits per heavy atom. The van der Waals surface area contributed by atoms with E-state index in [0.717, 1.165) is 5.69 Å². The lowest BCUT2D eigenvalue weighted by atomic mass is 10.4. The predicted octanol–water partition coefficient (Wildman–Crippen LogP) is 1.60. The number of anilines is 1. The van der Waals surface area contributed by atoms with Crippen LogP contribution < -0.4 is 10.0 Å². The van der Waals surface area contributed by atoms with Crippen LogP contribution in [0.15, 0.2) is 34.0 Å². The lowest BCUT2D eigenvalue weighted by Gasteiger charge is -2.02. The molecule has 0 aliphatic heterocycles. The minimum Gasteiger partial charge on any atom is -0.363 e. The Morgan fingerprint density at radius 1 is 1.47 bits per heavy atom. The van der Waals surface area contributed by atoms with E-state index in [1.54, 1.807) is 24.6 Å².